The van der Waals surface area contributed by atoms with E-state index in [9.17, 15) is 22.0 Å². The summed E-state index contributed by atoms with van der Waals surface area (Å²) >= 11 is 0. The van der Waals surface area contributed by atoms with Crippen LogP contribution < -0.4 is 4.74 Å². The topological polar surface area (TPSA) is 9.23 Å². The molecule has 0 heterocycles. The zero-order valence-electron chi connectivity index (χ0n) is 20.3. The van der Waals surface area contributed by atoms with Crippen molar-refractivity contribution < 1.29 is 26.7 Å². The molecule has 2 aromatic carbocycles. The summed E-state index contributed by atoms with van der Waals surface area (Å²) in [7, 11) is 0. The van der Waals surface area contributed by atoms with Gasteiger partial charge in [0.2, 0.25) is 0 Å². The van der Waals surface area contributed by atoms with Gasteiger partial charge in [0, 0.05) is 0 Å². The highest BCUT2D eigenvalue weighted by Gasteiger charge is 2.32. The van der Waals surface area contributed by atoms with Gasteiger partial charge < -0.3 is 4.74 Å². The maximum atomic E-state index is 14.7. The summed E-state index contributed by atoms with van der Waals surface area (Å²) in [6.45, 7) is 2.05. The quantitative estimate of drug-likeness (QED) is 0.348. The molecule has 6 heteroatoms. The smallest absolute Gasteiger partial charge is 0.416 e. The van der Waals surface area contributed by atoms with Gasteiger partial charge in [-0.3, -0.25) is 0 Å². The summed E-state index contributed by atoms with van der Waals surface area (Å²) in [5, 5.41) is 0. The Bertz CT molecular complexity index is 929. The van der Waals surface area contributed by atoms with Gasteiger partial charge in [-0.15, -0.1) is 0 Å². The van der Waals surface area contributed by atoms with Crippen molar-refractivity contribution in [2.45, 2.75) is 89.8 Å². The fraction of sp³-hybridized carbons (Fsp3) is 0.586. The Morgan fingerprint density at radius 3 is 1.86 bits per heavy atom. The average Bonchev–Trinajstić information content (AvgIpc) is 2.84. The minimum atomic E-state index is -4.43. The van der Waals surface area contributed by atoms with Gasteiger partial charge in [0.15, 0.2) is 17.4 Å². The van der Waals surface area contributed by atoms with Gasteiger partial charge in [0.1, 0.15) is 6.61 Å². The molecule has 2 aromatic rings. The van der Waals surface area contributed by atoms with Crippen molar-refractivity contribution in [3.8, 4) is 5.75 Å². The second-order valence-corrected chi connectivity index (χ2v) is 10.5. The van der Waals surface area contributed by atoms with Crippen LogP contribution in [0.3, 0.4) is 0 Å². The van der Waals surface area contributed by atoms with Crippen molar-refractivity contribution in [3.05, 3.63) is 64.7 Å². The molecule has 2 saturated carbocycles. The van der Waals surface area contributed by atoms with Crippen molar-refractivity contribution in [1.82, 2.24) is 0 Å². The van der Waals surface area contributed by atoms with E-state index in [1.807, 2.05) is 0 Å². The molecule has 2 fully saturated rings. The van der Waals surface area contributed by atoms with Gasteiger partial charge in [-0.2, -0.15) is 13.2 Å². The molecule has 0 aliphatic heterocycles. The summed E-state index contributed by atoms with van der Waals surface area (Å²) in [6, 6.07) is 7.10. The molecule has 0 aromatic heterocycles. The van der Waals surface area contributed by atoms with Gasteiger partial charge >= 0.3 is 6.18 Å². The van der Waals surface area contributed by atoms with E-state index in [2.05, 4.69) is 6.92 Å². The van der Waals surface area contributed by atoms with Crippen molar-refractivity contribution in [2.75, 3.05) is 0 Å². The van der Waals surface area contributed by atoms with Crippen LogP contribution in [0.15, 0.2) is 36.4 Å². The predicted octanol–water partition coefficient (Wildman–Crippen LogP) is 9.44. The maximum absolute atomic E-state index is 14.7. The van der Waals surface area contributed by atoms with Crippen molar-refractivity contribution in [1.29, 1.82) is 0 Å². The molecule has 0 spiro atoms. The first-order chi connectivity index (χ1) is 16.7. The van der Waals surface area contributed by atoms with E-state index in [0.717, 1.165) is 55.6 Å². The molecule has 35 heavy (non-hydrogen) atoms. The van der Waals surface area contributed by atoms with Crippen LogP contribution in [0.1, 0.15) is 93.7 Å². The highest BCUT2D eigenvalue weighted by atomic mass is 19.4. The fourth-order valence-electron chi connectivity index (χ4n) is 6.18. The van der Waals surface area contributed by atoms with E-state index in [0.29, 0.717) is 11.1 Å². The predicted molar refractivity (Wildman–Crippen MR) is 127 cm³/mol. The van der Waals surface area contributed by atoms with Gasteiger partial charge in [0.05, 0.1) is 5.56 Å². The largest absolute Gasteiger partial charge is 0.483 e. The van der Waals surface area contributed by atoms with Gasteiger partial charge in [-0.05, 0) is 97.6 Å². The molecule has 2 aliphatic rings. The highest BCUT2D eigenvalue weighted by Crippen LogP contribution is 2.45. The van der Waals surface area contributed by atoms with Crippen LogP contribution in [0.4, 0.5) is 22.0 Å². The molecule has 192 valence electrons. The lowest BCUT2D eigenvalue weighted by Crippen LogP contribution is -2.25. The SMILES string of the molecule is CCCC1CCC(C2CCC(c3cc(F)c(OCc4ccc(C(F)(F)F)cc4)c(F)c3)CC2)CC1. The Balaban J connectivity index is 1.31. The number of hydrogen-bond donors (Lipinski definition) is 0. The third-order valence-corrected chi connectivity index (χ3v) is 8.18. The van der Waals surface area contributed by atoms with Crippen LogP contribution in [-0.2, 0) is 12.8 Å². The number of halogens is 5. The lowest BCUT2D eigenvalue weighted by molar-refractivity contribution is -0.137. The van der Waals surface area contributed by atoms with Crippen molar-refractivity contribution in [2.24, 2.45) is 17.8 Å². The van der Waals surface area contributed by atoms with Gasteiger partial charge in [-0.1, -0.05) is 44.7 Å². The van der Waals surface area contributed by atoms with Crippen LogP contribution in [0.5, 0.6) is 5.75 Å². The van der Waals surface area contributed by atoms with Crippen molar-refractivity contribution in [3.63, 3.8) is 0 Å². The normalized spacial score (nSPS) is 25.4. The maximum Gasteiger partial charge on any atom is 0.416 e. The molecule has 0 bridgehead atoms. The first-order valence-corrected chi connectivity index (χ1v) is 13.0. The second kappa shape index (κ2) is 11.3. The van der Waals surface area contributed by atoms with Gasteiger partial charge in [-0.25, -0.2) is 8.78 Å². The summed E-state index contributed by atoms with van der Waals surface area (Å²) in [5.74, 6) is 0.584. The Morgan fingerprint density at radius 1 is 0.800 bits per heavy atom. The molecule has 2 aliphatic carbocycles. The first kappa shape index (κ1) is 26.0. The average molecular weight is 495 g/mol. The van der Waals surface area contributed by atoms with E-state index in [1.54, 1.807) is 0 Å². The number of hydrogen-bond acceptors (Lipinski definition) is 1. The van der Waals surface area contributed by atoms with Crippen LogP contribution >= 0.6 is 0 Å². The molecule has 4 rings (SSSR count). The molecule has 0 unspecified atom stereocenters. The van der Waals surface area contributed by atoms with E-state index in [1.165, 1.54) is 62.8 Å². The van der Waals surface area contributed by atoms with E-state index in [-0.39, 0.29) is 12.5 Å². The number of ether oxygens (including phenoxy) is 1. The first-order valence-electron chi connectivity index (χ1n) is 13.0. The molecular weight excluding hydrogens is 459 g/mol. The Kier molecular flexibility index (Phi) is 8.38. The number of alkyl halides is 3. The van der Waals surface area contributed by atoms with E-state index >= 15 is 0 Å². The zero-order chi connectivity index (χ0) is 25.0. The minimum absolute atomic E-state index is 0.149. The molecule has 0 amide bonds. The molecule has 0 N–H and O–H groups in total. The summed E-state index contributed by atoms with van der Waals surface area (Å²) < 4.78 is 72.9. The standard InChI is InChI=1S/C29H35F5O/c1-2-3-19-4-8-21(9-5-19)22-10-12-23(13-11-22)24-16-26(30)28(27(31)17-24)35-18-20-6-14-25(15-7-20)29(32,33)34/h6-7,14-17,19,21-23H,2-5,8-13,18H2,1H3. The van der Waals surface area contributed by atoms with Crippen molar-refractivity contribution >= 4 is 0 Å². The monoisotopic (exact) mass is 494 g/mol. The second-order valence-electron chi connectivity index (χ2n) is 10.5. The highest BCUT2D eigenvalue weighted by molar-refractivity contribution is 5.34. The third-order valence-electron chi connectivity index (χ3n) is 8.18. The zero-order valence-corrected chi connectivity index (χ0v) is 20.3. The Labute approximate surface area is 205 Å². The van der Waals surface area contributed by atoms with Gasteiger partial charge in [0.25, 0.3) is 0 Å². The molecule has 1 nitrogen and oxygen atoms in total. The molecule has 0 atom stereocenters. The number of benzene rings is 2. The minimum Gasteiger partial charge on any atom is -0.483 e. The van der Waals surface area contributed by atoms with Crippen LogP contribution in [0, 0.1) is 29.4 Å². The summed E-state index contributed by atoms with van der Waals surface area (Å²) in [6.07, 6.45) is 7.67. The molecule has 0 saturated heterocycles. The third kappa shape index (κ3) is 6.56. The fourth-order valence-corrected chi connectivity index (χ4v) is 6.18. The van der Waals surface area contributed by atoms with Crippen LogP contribution in [0.25, 0.3) is 0 Å². The molecule has 0 radical (unpaired) electrons. The Morgan fingerprint density at radius 2 is 1.34 bits per heavy atom. The summed E-state index contributed by atoms with van der Waals surface area (Å²) in [5.41, 5.74) is 0.303. The Hall–Kier alpha value is -2.11. The lowest BCUT2D eigenvalue weighted by Gasteiger charge is -2.38. The van der Waals surface area contributed by atoms with Crippen LogP contribution in [-0.4, -0.2) is 0 Å². The van der Waals surface area contributed by atoms with E-state index in [4.69, 9.17) is 4.74 Å². The van der Waals surface area contributed by atoms with Crippen LogP contribution in [0.2, 0.25) is 0 Å². The van der Waals surface area contributed by atoms with E-state index < -0.39 is 29.1 Å². The number of rotatable bonds is 7. The summed E-state index contributed by atoms with van der Waals surface area (Å²) in [4.78, 5) is 0. The molecular formula is C29H35F5O. The lowest BCUT2D eigenvalue weighted by atomic mass is 9.68.